The first-order chi connectivity index (χ1) is 11.9. The molecule has 0 amide bonds. The first kappa shape index (κ1) is 17.5. The zero-order chi connectivity index (χ0) is 18.0. The van der Waals surface area contributed by atoms with Gasteiger partial charge in [0.2, 0.25) is 16.0 Å². The molecule has 3 heterocycles. The highest BCUT2D eigenvalue weighted by Gasteiger charge is 2.20. The summed E-state index contributed by atoms with van der Waals surface area (Å²) in [5.74, 6) is 0.0947. The van der Waals surface area contributed by atoms with Crippen LogP contribution in [0.4, 0.5) is 16.2 Å². The number of nitrogens with zero attached hydrogens (tertiary/aromatic N) is 5. The molecule has 0 aromatic carbocycles. The lowest BCUT2D eigenvalue weighted by atomic mass is 10.3. The van der Waals surface area contributed by atoms with E-state index in [2.05, 4.69) is 25.1 Å². The molecule has 136 valence electrons. The molecule has 0 saturated heterocycles. The van der Waals surface area contributed by atoms with Gasteiger partial charge in [-0.3, -0.25) is 4.68 Å². The molecule has 0 radical (unpaired) electrons. The summed E-state index contributed by atoms with van der Waals surface area (Å²) in [6.07, 6.45) is 3.09. The van der Waals surface area contributed by atoms with E-state index < -0.39 is 15.8 Å². The smallest absolute Gasteiger partial charge is 0.227 e. The van der Waals surface area contributed by atoms with Gasteiger partial charge < -0.3 is 10.2 Å². The first-order valence-corrected chi connectivity index (χ1v) is 9.70. The van der Waals surface area contributed by atoms with Crippen LogP contribution in [0.5, 0.6) is 0 Å². The third-order valence-corrected chi connectivity index (χ3v) is 4.50. The summed E-state index contributed by atoms with van der Waals surface area (Å²) in [6, 6.07) is 1.86. The van der Waals surface area contributed by atoms with Crippen LogP contribution in [-0.4, -0.2) is 48.0 Å². The van der Waals surface area contributed by atoms with Crippen molar-refractivity contribution in [2.75, 3.05) is 30.1 Å². The average molecular weight is 369 g/mol. The number of hydrogen-bond donors (Lipinski definition) is 2. The van der Waals surface area contributed by atoms with Crippen molar-refractivity contribution in [1.82, 2.24) is 24.5 Å². The summed E-state index contributed by atoms with van der Waals surface area (Å²) in [5.41, 5.74) is 1.58. The second-order valence-corrected chi connectivity index (χ2v) is 7.67. The van der Waals surface area contributed by atoms with Crippen LogP contribution in [0, 0.1) is 5.82 Å². The van der Waals surface area contributed by atoms with E-state index in [9.17, 15) is 12.8 Å². The van der Waals surface area contributed by atoms with E-state index in [1.54, 1.807) is 7.05 Å². The zero-order valence-corrected chi connectivity index (χ0v) is 14.8. The monoisotopic (exact) mass is 369 g/mol. The number of halogens is 1. The minimum Gasteiger partial charge on any atom is -0.371 e. The molecular formula is C14H20FN7O2S. The van der Waals surface area contributed by atoms with Gasteiger partial charge in [-0.25, -0.2) is 22.5 Å². The predicted molar refractivity (Wildman–Crippen MR) is 91.1 cm³/mol. The third kappa shape index (κ3) is 4.23. The molecule has 0 spiro atoms. The highest BCUT2D eigenvalue weighted by atomic mass is 32.2. The number of fused-ring (bicyclic) bond motifs is 1. The Morgan fingerprint density at radius 2 is 2.16 bits per heavy atom. The van der Waals surface area contributed by atoms with Crippen LogP contribution in [0.2, 0.25) is 0 Å². The van der Waals surface area contributed by atoms with Gasteiger partial charge in [0.1, 0.15) is 0 Å². The van der Waals surface area contributed by atoms with Crippen LogP contribution >= 0.6 is 0 Å². The Bertz CT molecular complexity index is 868. The molecule has 0 unspecified atom stereocenters. The highest BCUT2D eigenvalue weighted by molar-refractivity contribution is 7.88. The number of nitrogens with one attached hydrogen (secondary N) is 2. The number of rotatable bonds is 5. The second-order valence-electron chi connectivity index (χ2n) is 5.84. The summed E-state index contributed by atoms with van der Waals surface area (Å²) >= 11 is 0. The lowest BCUT2D eigenvalue weighted by molar-refractivity contribution is 0.573. The van der Waals surface area contributed by atoms with Crippen LogP contribution < -0.4 is 14.9 Å². The highest BCUT2D eigenvalue weighted by Crippen LogP contribution is 2.20. The molecule has 11 heteroatoms. The van der Waals surface area contributed by atoms with Crippen molar-refractivity contribution >= 4 is 21.8 Å². The average Bonchev–Trinajstić information content (AvgIpc) is 2.83. The van der Waals surface area contributed by atoms with E-state index in [4.69, 9.17) is 0 Å². The molecule has 2 N–H and O–H groups in total. The Morgan fingerprint density at radius 1 is 1.36 bits per heavy atom. The van der Waals surface area contributed by atoms with Gasteiger partial charge in [0, 0.05) is 20.1 Å². The maximum Gasteiger partial charge on any atom is 0.227 e. The number of aromatic nitrogens is 4. The Labute approximate surface area is 145 Å². The van der Waals surface area contributed by atoms with E-state index in [0.29, 0.717) is 24.7 Å². The van der Waals surface area contributed by atoms with E-state index in [-0.39, 0.29) is 12.4 Å². The molecule has 1 aliphatic heterocycles. The van der Waals surface area contributed by atoms with Gasteiger partial charge in [-0.15, -0.1) is 0 Å². The molecule has 0 atom stereocenters. The van der Waals surface area contributed by atoms with Gasteiger partial charge >= 0.3 is 0 Å². The molecule has 2 aromatic heterocycles. The predicted octanol–water partition coefficient (Wildman–Crippen LogP) is 0.313. The molecule has 3 rings (SSSR count). The van der Waals surface area contributed by atoms with E-state index in [0.717, 1.165) is 31.1 Å². The zero-order valence-electron chi connectivity index (χ0n) is 14.0. The van der Waals surface area contributed by atoms with Crippen molar-refractivity contribution in [2.45, 2.75) is 26.1 Å². The largest absolute Gasteiger partial charge is 0.371 e. The third-order valence-electron chi connectivity index (χ3n) is 3.83. The fourth-order valence-electron chi connectivity index (χ4n) is 2.67. The molecular weight excluding hydrogens is 349 g/mol. The van der Waals surface area contributed by atoms with Gasteiger partial charge in [-0.2, -0.15) is 10.1 Å². The number of anilines is 2. The lowest BCUT2D eigenvalue weighted by Crippen LogP contribution is -2.25. The quantitative estimate of drug-likeness (QED) is 0.782. The first-order valence-electron chi connectivity index (χ1n) is 7.81. The van der Waals surface area contributed by atoms with Gasteiger partial charge in [-0.05, 0) is 12.5 Å². The number of aryl methyl sites for hydroxylation is 1. The van der Waals surface area contributed by atoms with Crippen LogP contribution in [-0.2, 0) is 29.7 Å². The minimum absolute atomic E-state index is 0.149. The molecule has 0 fully saturated rings. The minimum atomic E-state index is -3.27. The van der Waals surface area contributed by atoms with Crippen LogP contribution in [0.3, 0.4) is 0 Å². The summed E-state index contributed by atoms with van der Waals surface area (Å²) in [5, 5.41) is 7.15. The Morgan fingerprint density at radius 3 is 2.88 bits per heavy atom. The van der Waals surface area contributed by atoms with Crippen LogP contribution in [0.1, 0.15) is 17.8 Å². The molecule has 9 nitrogen and oxygen atoms in total. The SMILES string of the molecule is CNc1nc(N2CCCn3nc(CNS(C)(=O)=O)cc3C2)ncc1F. The van der Waals surface area contributed by atoms with Crippen LogP contribution in [0.25, 0.3) is 0 Å². The van der Waals surface area contributed by atoms with Crippen molar-refractivity contribution < 1.29 is 12.8 Å². The van der Waals surface area contributed by atoms with Crippen molar-refractivity contribution in [3.63, 3.8) is 0 Å². The molecule has 1 aliphatic rings. The summed E-state index contributed by atoms with van der Waals surface area (Å²) < 4.78 is 40.3. The van der Waals surface area contributed by atoms with Crippen LogP contribution in [0.15, 0.2) is 12.3 Å². The maximum absolute atomic E-state index is 13.6. The normalized spacial score (nSPS) is 14.9. The fraction of sp³-hybridized carbons (Fsp3) is 0.500. The van der Waals surface area contributed by atoms with Crippen molar-refractivity contribution in [1.29, 1.82) is 0 Å². The molecule has 0 saturated carbocycles. The van der Waals surface area contributed by atoms with Gasteiger partial charge in [0.25, 0.3) is 0 Å². The second kappa shape index (κ2) is 6.92. The Hall–Kier alpha value is -2.27. The Kier molecular flexibility index (Phi) is 4.86. The molecule has 0 aliphatic carbocycles. The standard InChI is InChI=1S/C14H20FN7O2S/c1-16-13-12(15)8-17-14(19-13)21-4-3-5-22-11(9-21)6-10(20-22)7-18-25(2,23)24/h6,8,18H,3-5,7,9H2,1-2H3,(H,16,17,19). The maximum atomic E-state index is 13.6. The molecule has 0 bridgehead atoms. The summed E-state index contributed by atoms with van der Waals surface area (Å²) in [6.45, 7) is 2.09. The van der Waals surface area contributed by atoms with Gasteiger partial charge in [-0.1, -0.05) is 0 Å². The number of sulfonamides is 1. The molecule has 2 aromatic rings. The summed E-state index contributed by atoms with van der Waals surface area (Å²) in [7, 11) is -1.66. The van der Waals surface area contributed by atoms with Crippen molar-refractivity contribution in [3.05, 3.63) is 29.5 Å². The van der Waals surface area contributed by atoms with E-state index in [1.807, 2.05) is 15.6 Å². The van der Waals surface area contributed by atoms with Crippen molar-refractivity contribution in [3.8, 4) is 0 Å². The van der Waals surface area contributed by atoms with E-state index >= 15 is 0 Å². The summed E-state index contributed by atoms with van der Waals surface area (Å²) in [4.78, 5) is 10.2. The molecule has 25 heavy (non-hydrogen) atoms. The topological polar surface area (TPSA) is 105 Å². The Balaban J connectivity index is 1.80. The number of hydrogen-bond acceptors (Lipinski definition) is 7. The fourth-order valence-corrected chi connectivity index (χ4v) is 3.08. The van der Waals surface area contributed by atoms with Crippen molar-refractivity contribution in [2.24, 2.45) is 0 Å². The van der Waals surface area contributed by atoms with Gasteiger partial charge in [0.15, 0.2) is 11.6 Å². The van der Waals surface area contributed by atoms with E-state index in [1.165, 1.54) is 0 Å². The van der Waals surface area contributed by atoms with Gasteiger partial charge in [0.05, 0.1) is 36.9 Å². The lowest BCUT2D eigenvalue weighted by Gasteiger charge is -2.20.